The second-order valence-electron chi connectivity index (χ2n) is 2.54. The summed E-state index contributed by atoms with van der Waals surface area (Å²) >= 11 is 0. The van der Waals surface area contributed by atoms with Gasteiger partial charge in [0.1, 0.15) is 0 Å². The van der Waals surface area contributed by atoms with E-state index in [-0.39, 0.29) is 59.1 Å². The summed E-state index contributed by atoms with van der Waals surface area (Å²) < 4.78 is 0. The van der Waals surface area contributed by atoms with E-state index in [4.69, 9.17) is 49.5 Å². The van der Waals surface area contributed by atoms with E-state index in [0.717, 1.165) is 34.6 Å². The number of carboxylic acid groups (broad SMARTS) is 5. The van der Waals surface area contributed by atoms with E-state index in [0.29, 0.717) is 0 Å². The zero-order valence-electron chi connectivity index (χ0n) is 13.7. The minimum atomic E-state index is -1.08. The molecule has 0 atom stereocenters. The van der Waals surface area contributed by atoms with Crippen LogP contribution in [0.3, 0.4) is 0 Å². The molecule has 0 aliphatic carbocycles. The van der Waals surface area contributed by atoms with Crippen LogP contribution in [0.2, 0.25) is 0 Å². The van der Waals surface area contributed by atoms with E-state index in [9.17, 15) is 0 Å². The zero-order chi connectivity index (χ0) is 17.9. The summed E-state index contributed by atoms with van der Waals surface area (Å²) in [5, 5.41) is 40.0. The van der Waals surface area contributed by atoms with Gasteiger partial charge in [-0.15, -0.1) is 0 Å². The number of aliphatic carboxylic acids is 5. The predicted molar refractivity (Wildman–Crippen MR) is 61.3 cm³/mol. The van der Waals surface area contributed by atoms with Crippen LogP contribution in [0.5, 0.6) is 0 Å². The van der Waals surface area contributed by atoms with Gasteiger partial charge in [0, 0.05) is 32.7 Å². The molecule has 120 valence electrons. The molecule has 0 heterocycles. The Balaban J connectivity index is -0.0000000250. The molecule has 0 unspecified atom stereocenters. The molecule has 22 heavy (non-hydrogen) atoms. The first kappa shape index (κ1) is 42.9. The molecule has 0 saturated carbocycles. The van der Waals surface area contributed by atoms with Gasteiger partial charge in [-0.2, -0.15) is 0 Å². The average molecular weight is 344 g/mol. The van der Waals surface area contributed by atoms with Gasteiger partial charge in [0.25, 0.3) is 17.9 Å². The van der Waals surface area contributed by atoms with Crippen molar-refractivity contribution >= 4 is 29.8 Å². The SMILES string of the molecule is CC(=O)O.CC(=O)O.CC(=O)O.CC(=O)[O-].CC(=O)[O-].[Na+].[Na+]. The summed E-state index contributed by atoms with van der Waals surface area (Å²) in [6.07, 6.45) is 0. The fourth-order valence-corrected chi connectivity index (χ4v) is 0. The molecule has 0 amide bonds. The smallest absolute Gasteiger partial charge is 0.550 e. The van der Waals surface area contributed by atoms with Gasteiger partial charge in [0.15, 0.2) is 0 Å². The first-order valence-electron chi connectivity index (χ1n) is 4.60. The molecule has 10 nitrogen and oxygen atoms in total. The zero-order valence-corrected chi connectivity index (χ0v) is 17.7. The number of carboxylic acids is 5. The van der Waals surface area contributed by atoms with Crippen molar-refractivity contribution in [3.05, 3.63) is 0 Å². The van der Waals surface area contributed by atoms with Crippen LogP contribution >= 0.6 is 0 Å². The van der Waals surface area contributed by atoms with E-state index in [1.54, 1.807) is 0 Å². The topological polar surface area (TPSA) is 192 Å². The fourth-order valence-electron chi connectivity index (χ4n) is 0. The number of hydrogen-bond donors (Lipinski definition) is 3. The first-order valence-corrected chi connectivity index (χ1v) is 4.60. The van der Waals surface area contributed by atoms with E-state index < -0.39 is 29.8 Å². The molecule has 0 radical (unpaired) electrons. The van der Waals surface area contributed by atoms with E-state index in [2.05, 4.69) is 0 Å². The summed E-state index contributed by atoms with van der Waals surface area (Å²) in [7, 11) is 0. The van der Waals surface area contributed by atoms with Crippen LogP contribution in [-0.2, 0) is 24.0 Å². The Labute approximate surface area is 172 Å². The van der Waals surface area contributed by atoms with Crippen molar-refractivity contribution in [2.45, 2.75) is 34.6 Å². The minimum absolute atomic E-state index is 0. The van der Waals surface area contributed by atoms with Crippen molar-refractivity contribution < 1.29 is 109 Å². The van der Waals surface area contributed by atoms with E-state index >= 15 is 0 Å². The summed E-state index contributed by atoms with van der Waals surface area (Å²) in [4.78, 5) is 44.8. The Morgan fingerprint density at radius 3 is 0.545 bits per heavy atom. The van der Waals surface area contributed by atoms with Crippen molar-refractivity contribution in [3.8, 4) is 0 Å². The van der Waals surface area contributed by atoms with Crippen LogP contribution in [0.25, 0.3) is 0 Å². The van der Waals surface area contributed by atoms with Crippen LogP contribution in [0, 0.1) is 0 Å². The molecule has 0 aliphatic heterocycles. The quantitative estimate of drug-likeness (QED) is 0.355. The summed E-state index contributed by atoms with van der Waals surface area (Å²) in [6.45, 7) is 5.19. The Morgan fingerprint density at radius 2 is 0.545 bits per heavy atom. The Hall–Kier alpha value is -0.650. The Morgan fingerprint density at radius 1 is 0.545 bits per heavy atom. The van der Waals surface area contributed by atoms with Crippen molar-refractivity contribution in [1.82, 2.24) is 0 Å². The molecule has 0 aromatic carbocycles. The molecule has 0 fully saturated rings. The fraction of sp³-hybridized carbons (Fsp3) is 0.500. The first-order chi connectivity index (χ1) is 8.66. The Kier molecular flexibility index (Phi) is 72.2. The van der Waals surface area contributed by atoms with Crippen molar-refractivity contribution in [3.63, 3.8) is 0 Å². The molecule has 0 spiro atoms. The molecule has 0 saturated heterocycles. The van der Waals surface area contributed by atoms with Crippen molar-refractivity contribution in [1.29, 1.82) is 0 Å². The van der Waals surface area contributed by atoms with Crippen molar-refractivity contribution in [2.24, 2.45) is 0 Å². The standard InChI is InChI=1S/5C2H4O2.2Na/c5*1-2(3)4;;/h5*1H3,(H,3,4);;/q;;;;;2*+1/p-2. The van der Waals surface area contributed by atoms with Gasteiger partial charge in [-0.3, -0.25) is 14.4 Å². The van der Waals surface area contributed by atoms with Gasteiger partial charge < -0.3 is 35.1 Å². The molecule has 12 heteroatoms. The third kappa shape index (κ3) is 15400. The second-order valence-corrected chi connectivity index (χ2v) is 2.54. The third-order valence-electron chi connectivity index (χ3n) is 0. The van der Waals surface area contributed by atoms with Crippen LogP contribution in [0.4, 0.5) is 0 Å². The van der Waals surface area contributed by atoms with Gasteiger partial charge in [-0.25, -0.2) is 0 Å². The van der Waals surface area contributed by atoms with Gasteiger partial charge in [0.2, 0.25) is 0 Å². The van der Waals surface area contributed by atoms with E-state index in [1.165, 1.54) is 0 Å². The van der Waals surface area contributed by atoms with Gasteiger partial charge in [-0.1, -0.05) is 0 Å². The Bertz CT molecular complexity index is 214. The molecule has 0 rings (SSSR count). The maximum Gasteiger partial charge on any atom is 1.00 e. The predicted octanol–water partition coefficient (Wildman–Crippen LogP) is -8.21. The van der Waals surface area contributed by atoms with E-state index in [1.807, 2.05) is 0 Å². The molecular weight excluding hydrogens is 326 g/mol. The largest absolute Gasteiger partial charge is 1.00 e. The maximum absolute atomic E-state index is 9.00. The van der Waals surface area contributed by atoms with Crippen LogP contribution in [0.15, 0.2) is 0 Å². The van der Waals surface area contributed by atoms with Crippen LogP contribution in [0.1, 0.15) is 34.6 Å². The monoisotopic (exact) mass is 344 g/mol. The minimum Gasteiger partial charge on any atom is -0.550 e. The normalized spacial score (nSPS) is 5.68. The third-order valence-corrected chi connectivity index (χ3v) is 0. The average Bonchev–Trinajstić information content (AvgIpc) is 1.94. The van der Waals surface area contributed by atoms with Gasteiger partial charge >= 0.3 is 59.1 Å². The summed E-state index contributed by atoms with van der Waals surface area (Å²) in [6, 6.07) is 0. The number of carbonyl (C=O) groups excluding carboxylic acids is 2. The number of rotatable bonds is 0. The van der Waals surface area contributed by atoms with Gasteiger partial charge in [0.05, 0.1) is 0 Å². The number of hydrogen-bond acceptors (Lipinski definition) is 7. The second kappa shape index (κ2) is 37.0. The molecule has 0 aliphatic rings. The van der Waals surface area contributed by atoms with Crippen LogP contribution in [-0.4, -0.2) is 45.2 Å². The van der Waals surface area contributed by atoms with Crippen LogP contribution < -0.4 is 69.3 Å². The molecule has 0 aromatic heterocycles. The summed E-state index contributed by atoms with van der Waals surface area (Å²) in [5.74, 6) is -4.67. The molecule has 3 N–H and O–H groups in total. The molecular formula is C10H18Na2O10. The van der Waals surface area contributed by atoms with Gasteiger partial charge in [-0.05, 0) is 13.8 Å². The maximum atomic E-state index is 9.00. The molecule has 0 aromatic rings. The van der Waals surface area contributed by atoms with Crippen molar-refractivity contribution in [2.75, 3.05) is 0 Å². The molecule has 0 bridgehead atoms. The summed E-state index contributed by atoms with van der Waals surface area (Å²) in [5.41, 5.74) is 0. The number of carbonyl (C=O) groups is 5.